The Morgan fingerprint density at radius 3 is 2.31 bits per heavy atom. The highest BCUT2D eigenvalue weighted by Crippen LogP contribution is 2.39. The molecule has 0 saturated heterocycles. The van der Waals surface area contributed by atoms with Crippen LogP contribution in [0.1, 0.15) is 21.5 Å². The number of carbonyl (C=O) groups excluding carboxylic acids is 1. The number of ether oxygens (including phenoxy) is 1. The maximum Gasteiger partial charge on any atom is 0.416 e. The maximum absolute atomic E-state index is 12.7. The molecular formula is C22H16F3NO2S. The van der Waals surface area contributed by atoms with Crippen molar-refractivity contribution in [1.82, 2.24) is 0 Å². The van der Waals surface area contributed by atoms with E-state index in [2.05, 4.69) is 12.1 Å². The molecule has 1 amide bonds. The molecule has 3 heterocycles. The molecule has 3 aromatic rings. The summed E-state index contributed by atoms with van der Waals surface area (Å²) in [6.07, 6.45) is -4.45. The summed E-state index contributed by atoms with van der Waals surface area (Å²) < 4.78 is 43.3. The van der Waals surface area contributed by atoms with Crippen LogP contribution < -0.4 is 9.64 Å². The molecule has 3 aromatic carbocycles. The van der Waals surface area contributed by atoms with Crippen LogP contribution in [0.2, 0.25) is 0 Å². The van der Waals surface area contributed by atoms with E-state index in [1.807, 2.05) is 24.3 Å². The highest BCUT2D eigenvalue weighted by Gasteiger charge is 2.32. The van der Waals surface area contributed by atoms with Crippen LogP contribution in [-0.4, -0.2) is 11.8 Å². The fourth-order valence-electron chi connectivity index (χ4n) is 3.01. The van der Waals surface area contributed by atoms with Gasteiger partial charge in [0, 0.05) is 10.5 Å². The first-order chi connectivity index (χ1) is 13.9. The number of hydrogen-bond donors (Lipinski definition) is 0. The molecule has 2 bridgehead atoms. The molecular weight excluding hydrogens is 399 g/mol. The van der Waals surface area contributed by atoms with Crippen LogP contribution in [0, 0.1) is 0 Å². The minimum atomic E-state index is -4.45. The Morgan fingerprint density at radius 1 is 0.966 bits per heavy atom. The quantitative estimate of drug-likeness (QED) is 0.489. The lowest BCUT2D eigenvalue weighted by atomic mass is 10.1. The number of alkyl halides is 3. The number of carbonyl (C=O) groups is 1. The second-order valence-corrected chi connectivity index (χ2v) is 7.47. The maximum atomic E-state index is 12.7. The Balaban J connectivity index is 0.000000211. The molecule has 0 aliphatic carbocycles. The van der Waals surface area contributed by atoms with Crippen LogP contribution in [0.3, 0.4) is 0 Å². The van der Waals surface area contributed by atoms with E-state index in [9.17, 15) is 18.0 Å². The summed E-state index contributed by atoms with van der Waals surface area (Å²) in [5.41, 5.74) is 1.24. The van der Waals surface area contributed by atoms with Gasteiger partial charge < -0.3 is 4.74 Å². The Hall–Kier alpha value is -2.93. The average Bonchev–Trinajstić information content (AvgIpc) is 3.19. The first-order valence-corrected chi connectivity index (χ1v) is 9.83. The molecule has 29 heavy (non-hydrogen) atoms. The lowest BCUT2D eigenvalue weighted by Gasteiger charge is -2.17. The van der Waals surface area contributed by atoms with Gasteiger partial charge in [-0.25, -0.2) is 0 Å². The van der Waals surface area contributed by atoms with Crippen molar-refractivity contribution in [1.29, 1.82) is 0 Å². The highest BCUT2D eigenvalue weighted by molar-refractivity contribution is 8.00. The molecule has 7 heteroatoms. The zero-order valence-corrected chi connectivity index (χ0v) is 16.0. The number of benzene rings is 3. The second kappa shape index (κ2) is 7.83. The summed E-state index contributed by atoms with van der Waals surface area (Å²) in [6.45, 7) is 0.766. The standard InChI is InChI=1S/C15H10F3NOS.C7H6O/c16-15(17,18)11-5-3-4-10(8-11)14(20)19-9-21-13-7-2-1-6-12(13)19;1-3-7-4-2-6(1)5-8-7/h1-8H,9H2;1-4H,5H2. The van der Waals surface area contributed by atoms with E-state index in [0.29, 0.717) is 5.88 Å². The number of anilines is 1. The van der Waals surface area contributed by atoms with Crippen LogP contribution in [0.25, 0.3) is 0 Å². The van der Waals surface area contributed by atoms with Crippen LogP contribution in [0.15, 0.2) is 77.7 Å². The van der Waals surface area contributed by atoms with Gasteiger partial charge in [-0.2, -0.15) is 13.2 Å². The molecule has 0 atom stereocenters. The summed E-state index contributed by atoms with van der Waals surface area (Å²) in [5.74, 6) is 0.979. The lowest BCUT2D eigenvalue weighted by molar-refractivity contribution is -0.137. The number of nitrogens with zero attached hydrogens (tertiary/aromatic N) is 1. The Bertz CT molecular complexity index is 1010. The van der Waals surface area contributed by atoms with E-state index in [0.717, 1.165) is 35.1 Å². The predicted molar refractivity (Wildman–Crippen MR) is 106 cm³/mol. The lowest BCUT2D eigenvalue weighted by Crippen LogP contribution is -2.28. The van der Waals surface area contributed by atoms with Crippen LogP contribution in [0.4, 0.5) is 18.9 Å². The normalized spacial score (nSPS) is 14.0. The van der Waals surface area contributed by atoms with Crippen LogP contribution in [-0.2, 0) is 12.8 Å². The molecule has 0 aromatic heterocycles. The Labute approximate surface area is 170 Å². The molecule has 3 nitrogen and oxygen atoms in total. The van der Waals surface area contributed by atoms with Crippen molar-refractivity contribution in [3.05, 3.63) is 89.5 Å². The Kier molecular flexibility index (Phi) is 5.24. The van der Waals surface area contributed by atoms with Gasteiger partial charge in [0.2, 0.25) is 0 Å². The topological polar surface area (TPSA) is 29.5 Å². The van der Waals surface area contributed by atoms with E-state index in [-0.39, 0.29) is 5.56 Å². The molecule has 3 aliphatic rings. The second-order valence-electron chi connectivity index (χ2n) is 6.49. The monoisotopic (exact) mass is 415 g/mol. The highest BCUT2D eigenvalue weighted by atomic mass is 32.2. The number of para-hydroxylation sites is 1. The van der Waals surface area contributed by atoms with Crippen molar-refractivity contribution in [2.24, 2.45) is 0 Å². The van der Waals surface area contributed by atoms with Crippen molar-refractivity contribution in [3.8, 4) is 5.75 Å². The van der Waals surface area contributed by atoms with Gasteiger partial charge >= 0.3 is 6.18 Å². The number of halogens is 3. The molecule has 0 unspecified atom stereocenters. The Morgan fingerprint density at radius 2 is 1.72 bits per heavy atom. The van der Waals surface area contributed by atoms with Gasteiger partial charge in [-0.15, -0.1) is 11.8 Å². The zero-order chi connectivity index (χ0) is 20.4. The minimum absolute atomic E-state index is 0.0436. The van der Waals surface area contributed by atoms with Crippen LogP contribution >= 0.6 is 11.8 Å². The van der Waals surface area contributed by atoms with E-state index in [1.54, 1.807) is 12.1 Å². The molecule has 3 aliphatic heterocycles. The smallest absolute Gasteiger partial charge is 0.416 e. The predicted octanol–water partition coefficient (Wildman–Crippen LogP) is 5.99. The van der Waals surface area contributed by atoms with Gasteiger partial charge in [0.1, 0.15) is 12.4 Å². The fourth-order valence-corrected chi connectivity index (χ4v) is 4.03. The third-order valence-electron chi connectivity index (χ3n) is 4.52. The largest absolute Gasteiger partial charge is 0.489 e. The molecule has 0 radical (unpaired) electrons. The van der Waals surface area contributed by atoms with Crippen LogP contribution in [0.5, 0.6) is 5.75 Å². The number of thioether (sulfide) groups is 1. The van der Waals surface area contributed by atoms with Crippen molar-refractivity contribution < 1.29 is 22.7 Å². The minimum Gasteiger partial charge on any atom is -0.489 e. The third kappa shape index (κ3) is 4.24. The average molecular weight is 415 g/mol. The van der Waals surface area contributed by atoms with Gasteiger partial charge in [-0.05, 0) is 48.0 Å². The molecule has 0 saturated carbocycles. The number of hydrogen-bond acceptors (Lipinski definition) is 3. The van der Waals surface area contributed by atoms with E-state index >= 15 is 0 Å². The van der Waals surface area contributed by atoms with Gasteiger partial charge in [-0.3, -0.25) is 9.69 Å². The fraction of sp³-hybridized carbons (Fsp3) is 0.136. The number of fused-ring (bicyclic) bond motifs is 4. The number of rotatable bonds is 1. The van der Waals surface area contributed by atoms with Crippen molar-refractivity contribution in [2.75, 3.05) is 10.8 Å². The van der Waals surface area contributed by atoms with Crippen molar-refractivity contribution in [3.63, 3.8) is 0 Å². The summed E-state index contributed by atoms with van der Waals surface area (Å²) in [6, 6.07) is 20.0. The van der Waals surface area contributed by atoms with E-state index < -0.39 is 17.6 Å². The summed E-state index contributed by atoms with van der Waals surface area (Å²) in [4.78, 5) is 14.9. The van der Waals surface area contributed by atoms with Gasteiger partial charge in [0.25, 0.3) is 5.91 Å². The van der Waals surface area contributed by atoms with Crippen molar-refractivity contribution in [2.45, 2.75) is 17.7 Å². The summed E-state index contributed by atoms with van der Waals surface area (Å²) in [5, 5.41) is 0. The molecule has 0 spiro atoms. The van der Waals surface area contributed by atoms with Gasteiger partial charge in [-0.1, -0.05) is 30.3 Å². The van der Waals surface area contributed by atoms with E-state index in [4.69, 9.17) is 4.74 Å². The summed E-state index contributed by atoms with van der Waals surface area (Å²) >= 11 is 1.49. The number of amides is 1. The van der Waals surface area contributed by atoms with Gasteiger partial charge in [0.15, 0.2) is 0 Å². The first-order valence-electron chi connectivity index (χ1n) is 8.84. The third-order valence-corrected chi connectivity index (χ3v) is 5.56. The molecule has 6 rings (SSSR count). The van der Waals surface area contributed by atoms with Gasteiger partial charge in [0.05, 0.1) is 17.1 Å². The SMILES string of the molecule is O=C(c1cccc(C(F)(F)F)c1)N1CSc2ccccc21.c1cc2ccc1CO2. The zero-order valence-electron chi connectivity index (χ0n) is 15.1. The molecule has 148 valence electrons. The first kappa shape index (κ1) is 19.4. The van der Waals surface area contributed by atoms with E-state index in [1.165, 1.54) is 34.4 Å². The molecule has 0 fully saturated rings. The summed E-state index contributed by atoms with van der Waals surface area (Å²) in [7, 11) is 0. The molecule has 0 N–H and O–H groups in total. The van der Waals surface area contributed by atoms with Crippen molar-refractivity contribution >= 4 is 23.4 Å².